The highest BCUT2D eigenvalue weighted by Gasteiger charge is 2.34. The normalized spacial score (nSPS) is 29.0. The first kappa shape index (κ1) is 12.3. The van der Waals surface area contributed by atoms with E-state index >= 15 is 0 Å². The number of fused-ring (bicyclic) bond motifs is 1. The molecule has 0 aromatic carbocycles. The Kier molecular flexibility index (Phi) is 3.97. The Labute approximate surface area is 102 Å². The van der Waals surface area contributed by atoms with E-state index in [-0.39, 0.29) is 11.8 Å². The number of esters is 1. The van der Waals surface area contributed by atoms with Gasteiger partial charge in [0.1, 0.15) is 11.7 Å². The molecule has 2 rings (SSSR count). The van der Waals surface area contributed by atoms with Gasteiger partial charge in [-0.15, -0.1) is 0 Å². The van der Waals surface area contributed by atoms with Crippen LogP contribution in [0.3, 0.4) is 0 Å². The summed E-state index contributed by atoms with van der Waals surface area (Å²) in [6.45, 7) is 2.14. The fourth-order valence-corrected chi connectivity index (χ4v) is 2.92. The van der Waals surface area contributed by atoms with E-state index in [0.717, 1.165) is 25.7 Å². The van der Waals surface area contributed by atoms with Crippen LogP contribution in [0, 0.1) is 11.8 Å². The zero-order valence-electron chi connectivity index (χ0n) is 10.4. The van der Waals surface area contributed by atoms with Gasteiger partial charge in [-0.1, -0.05) is 11.6 Å². The fourth-order valence-electron chi connectivity index (χ4n) is 2.92. The van der Waals surface area contributed by atoms with Gasteiger partial charge in [0.15, 0.2) is 0 Å². The smallest absolute Gasteiger partial charge is 0.316 e. The molecule has 0 aliphatic heterocycles. The number of carbonyl (C=O) groups is 2. The number of hydrogen-bond donors (Lipinski definition) is 0. The quantitative estimate of drug-likeness (QED) is 0.420. The molecule has 0 bridgehead atoms. The second-order valence-electron chi connectivity index (χ2n) is 4.91. The Morgan fingerprint density at radius 1 is 1.47 bits per heavy atom. The van der Waals surface area contributed by atoms with Crippen molar-refractivity contribution in [3.05, 3.63) is 11.6 Å². The molecule has 0 N–H and O–H groups in total. The summed E-state index contributed by atoms with van der Waals surface area (Å²) in [7, 11) is 0. The van der Waals surface area contributed by atoms with Gasteiger partial charge in [-0.25, -0.2) is 0 Å². The first-order chi connectivity index (χ1) is 8.22. The van der Waals surface area contributed by atoms with Crippen molar-refractivity contribution in [2.75, 3.05) is 6.61 Å². The van der Waals surface area contributed by atoms with E-state index in [9.17, 15) is 9.59 Å². The third kappa shape index (κ3) is 2.76. The molecule has 2 aliphatic rings. The van der Waals surface area contributed by atoms with Gasteiger partial charge in [-0.2, -0.15) is 0 Å². The maximum Gasteiger partial charge on any atom is 0.316 e. The van der Waals surface area contributed by atoms with E-state index in [1.165, 1.54) is 5.57 Å². The second-order valence-corrected chi connectivity index (χ2v) is 4.91. The molecule has 0 radical (unpaired) electrons. The molecule has 0 heterocycles. The molecule has 94 valence electrons. The van der Waals surface area contributed by atoms with Gasteiger partial charge in [0.05, 0.1) is 6.61 Å². The van der Waals surface area contributed by atoms with Gasteiger partial charge in [0.2, 0.25) is 0 Å². The molecule has 1 fully saturated rings. The maximum atomic E-state index is 12.0. The molecule has 3 heteroatoms. The highest BCUT2D eigenvalue weighted by molar-refractivity contribution is 5.99. The lowest BCUT2D eigenvalue weighted by molar-refractivity contribution is -0.152. The van der Waals surface area contributed by atoms with Crippen molar-refractivity contribution >= 4 is 11.8 Å². The van der Waals surface area contributed by atoms with E-state index in [1.807, 2.05) is 0 Å². The van der Waals surface area contributed by atoms with Crippen molar-refractivity contribution in [1.29, 1.82) is 0 Å². The Hall–Kier alpha value is -1.12. The van der Waals surface area contributed by atoms with Crippen LogP contribution in [0.2, 0.25) is 0 Å². The summed E-state index contributed by atoms with van der Waals surface area (Å²) >= 11 is 0. The molecule has 3 nitrogen and oxygen atoms in total. The monoisotopic (exact) mass is 236 g/mol. The average molecular weight is 236 g/mol. The van der Waals surface area contributed by atoms with Crippen LogP contribution in [-0.2, 0) is 14.3 Å². The number of ketones is 1. The summed E-state index contributed by atoms with van der Waals surface area (Å²) in [4.78, 5) is 23.8. The topological polar surface area (TPSA) is 43.4 Å². The van der Waals surface area contributed by atoms with Crippen molar-refractivity contribution in [3.63, 3.8) is 0 Å². The minimum absolute atomic E-state index is 0.0781. The van der Waals surface area contributed by atoms with Crippen LogP contribution >= 0.6 is 0 Å². The van der Waals surface area contributed by atoms with Crippen LogP contribution in [0.5, 0.6) is 0 Å². The third-order valence-corrected chi connectivity index (χ3v) is 3.81. The van der Waals surface area contributed by atoms with Crippen LogP contribution in [0.1, 0.15) is 45.4 Å². The Bertz CT molecular complexity index is 335. The number of carbonyl (C=O) groups excluding carboxylic acids is 2. The standard InChI is InChI=1S/C14H20O3/c1-2-17-14(16)12-9-11-7-3-5-10(11)6-4-8-13(12)15/h5,11-12H,2-4,6-9H2,1H3/t11-,12?/m0/s1. The predicted octanol–water partition coefficient (Wildman–Crippen LogP) is 2.65. The molecular weight excluding hydrogens is 216 g/mol. The summed E-state index contributed by atoms with van der Waals surface area (Å²) in [5, 5.41) is 0. The summed E-state index contributed by atoms with van der Waals surface area (Å²) in [5.74, 6) is -0.310. The lowest BCUT2D eigenvalue weighted by Gasteiger charge is -2.23. The van der Waals surface area contributed by atoms with E-state index < -0.39 is 5.92 Å². The van der Waals surface area contributed by atoms with Crippen molar-refractivity contribution in [3.8, 4) is 0 Å². The maximum absolute atomic E-state index is 12.0. The van der Waals surface area contributed by atoms with E-state index in [0.29, 0.717) is 25.4 Å². The highest BCUT2D eigenvalue weighted by Crippen LogP contribution is 2.37. The number of rotatable bonds is 2. The zero-order chi connectivity index (χ0) is 12.3. The first-order valence-electron chi connectivity index (χ1n) is 6.60. The summed E-state index contributed by atoms with van der Waals surface area (Å²) in [5.41, 5.74) is 1.46. The van der Waals surface area contributed by atoms with Crippen LogP contribution in [0.25, 0.3) is 0 Å². The average Bonchev–Trinajstić information content (AvgIpc) is 2.70. The molecule has 2 atom stereocenters. The lowest BCUT2D eigenvalue weighted by atomic mass is 9.81. The second kappa shape index (κ2) is 5.48. The van der Waals surface area contributed by atoms with Crippen molar-refractivity contribution in [1.82, 2.24) is 0 Å². The lowest BCUT2D eigenvalue weighted by Crippen LogP contribution is -2.29. The minimum Gasteiger partial charge on any atom is -0.465 e. The molecule has 17 heavy (non-hydrogen) atoms. The molecule has 1 saturated carbocycles. The SMILES string of the molecule is CCOC(=O)C1C[C@@H]2CCC=C2CCCC1=O. The molecule has 0 aromatic rings. The van der Waals surface area contributed by atoms with E-state index in [4.69, 9.17) is 4.74 Å². The number of Topliss-reactive ketones (excluding diaryl/α,β-unsaturated/α-hetero) is 1. The minimum atomic E-state index is -0.512. The van der Waals surface area contributed by atoms with Crippen LogP contribution in [0.15, 0.2) is 11.6 Å². The van der Waals surface area contributed by atoms with Crippen molar-refractivity contribution in [2.45, 2.75) is 45.4 Å². The number of ether oxygens (including phenoxy) is 1. The van der Waals surface area contributed by atoms with Crippen LogP contribution in [0.4, 0.5) is 0 Å². The summed E-state index contributed by atoms with van der Waals surface area (Å²) < 4.78 is 5.02. The molecule has 0 saturated heterocycles. The van der Waals surface area contributed by atoms with E-state index in [2.05, 4.69) is 6.08 Å². The highest BCUT2D eigenvalue weighted by atomic mass is 16.5. The van der Waals surface area contributed by atoms with Gasteiger partial charge >= 0.3 is 5.97 Å². The van der Waals surface area contributed by atoms with Crippen LogP contribution < -0.4 is 0 Å². The molecule has 0 aromatic heterocycles. The Morgan fingerprint density at radius 3 is 3.06 bits per heavy atom. The molecule has 0 amide bonds. The zero-order valence-corrected chi connectivity index (χ0v) is 10.4. The third-order valence-electron chi connectivity index (χ3n) is 3.81. The largest absolute Gasteiger partial charge is 0.465 e. The molecular formula is C14H20O3. The first-order valence-corrected chi connectivity index (χ1v) is 6.60. The van der Waals surface area contributed by atoms with Gasteiger partial charge in [0, 0.05) is 6.42 Å². The number of hydrogen-bond acceptors (Lipinski definition) is 3. The fraction of sp³-hybridized carbons (Fsp3) is 0.714. The molecule has 1 unspecified atom stereocenters. The summed E-state index contributed by atoms with van der Waals surface area (Å²) in [6.07, 6.45) is 7.60. The van der Waals surface area contributed by atoms with E-state index in [1.54, 1.807) is 6.92 Å². The van der Waals surface area contributed by atoms with Crippen molar-refractivity contribution < 1.29 is 14.3 Å². The van der Waals surface area contributed by atoms with Gasteiger partial charge in [0.25, 0.3) is 0 Å². The summed E-state index contributed by atoms with van der Waals surface area (Å²) in [6, 6.07) is 0. The Balaban J connectivity index is 2.09. The van der Waals surface area contributed by atoms with Crippen LogP contribution in [-0.4, -0.2) is 18.4 Å². The molecule has 2 aliphatic carbocycles. The van der Waals surface area contributed by atoms with Gasteiger partial charge in [-0.3, -0.25) is 9.59 Å². The Morgan fingerprint density at radius 2 is 2.29 bits per heavy atom. The van der Waals surface area contributed by atoms with Gasteiger partial charge in [-0.05, 0) is 44.9 Å². The predicted molar refractivity (Wildman–Crippen MR) is 64.4 cm³/mol. The number of allylic oxidation sites excluding steroid dienone is 2. The van der Waals surface area contributed by atoms with Gasteiger partial charge < -0.3 is 4.74 Å². The molecule has 0 spiro atoms. The van der Waals surface area contributed by atoms with Crippen molar-refractivity contribution in [2.24, 2.45) is 11.8 Å².